The number of fused-ring (bicyclic) bond motifs is 1. The molecule has 0 spiro atoms. The molecular weight excluding hydrogens is 402 g/mol. The van der Waals surface area contributed by atoms with Crippen LogP contribution in [0.25, 0.3) is 11.2 Å². The molecule has 10 heteroatoms. The lowest BCUT2D eigenvalue weighted by atomic mass is 10.2. The zero-order valence-corrected chi connectivity index (χ0v) is 17.4. The maximum absolute atomic E-state index is 12.7. The number of rotatable bonds is 6. The molecule has 4 rings (SSSR count). The van der Waals surface area contributed by atoms with Crippen LogP contribution >= 0.6 is 0 Å². The van der Waals surface area contributed by atoms with E-state index in [1.54, 1.807) is 47.8 Å². The molecule has 2 aromatic heterocycles. The van der Waals surface area contributed by atoms with Gasteiger partial charge in [-0.3, -0.25) is 18.7 Å². The van der Waals surface area contributed by atoms with E-state index in [4.69, 9.17) is 4.74 Å². The Morgan fingerprint density at radius 1 is 1.13 bits per heavy atom. The number of anilines is 1. The van der Waals surface area contributed by atoms with E-state index in [0.29, 0.717) is 36.1 Å². The van der Waals surface area contributed by atoms with Gasteiger partial charge in [-0.25, -0.2) is 14.6 Å². The number of carbonyl (C=O) groups excluding carboxylic acids is 2. The van der Waals surface area contributed by atoms with Gasteiger partial charge < -0.3 is 14.2 Å². The average molecular weight is 425 g/mol. The number of ether oxygens (including phenoxy) is 1. The number of aryl methyl sites for hydroxylation is 2. The molecule has 1 amide bonds. The molecule has 1 aliphatic heterocycles. The third-order valence-corrected chi connectivity index (χ3v) is 5.45. The molecule has 0 bridgehead atoms. The van der Waals surface area contributed by atoms with E-state index in [1.165, 1.54) is 10.9 Å². The number of esters is 1. The number of hydrogen-bond donors (Lipinski definition) is 0. The van der Waals surface area contributed by atoms with Crippen molar-refractivity contribution in [3.8, 4) is 0 Å². The monoisotopic (exact) mass is 425 g/mol. The number of imidazole rings is 1. The van der Waals surface area contributed by atoms with Crippen molar-refractivity contribution in [1.82, 2.24) is 18.7 Å². The fourth-order valence-corrected chi connectivity index (χ4v) is 3.76. The summed E-state index contributed by atoms with van der Waals surface area (Å²) < 4.78 is 9.31. The van der Waals surface area contributed by atoms with Gasteiger partial charge in [-0.15, -0.1) is 0 Å². The highest BCUT2D eigenvalue weighted by Gasteiger charge is 2.22. The summed E-state index contributed by atoms with van der Waals surface area (Å²) >= 11 is 0. The van der Waals surface area contributed by atoms with E-state index in [-0.39, 0.29) is 19.1 Å². The standard InChI is InChI=1S/C21H23N5O5/c1-23-13-22-18-17(23)19(28)26(21(30)24(18)2)11-4-12-31-20(29)14-6-8-15(9-7-14)25-10-3-5-16(25)27/h6-9,13H,3-5,10-12H2,1-2H3. The summed E-state index contributed by atoms with van der Waals surface area (Å²) in [5.74, 6) is -0.414. The van der Waals surface area contributed by atoms with Crippen molar-refractivity contribution in [3.63, 3.8) is 0 Å². The molecule has 10 nitrogen and oxygen atoms in total. The minimum Gasteiger partial charge on any atom is -0.462 e. The van der Waals surface area contributed by atoms with Gasteiger partial charge in [0.15, 0.2) is 11.2 Å². The summed E-state index contributed by atoms with van der Waals surface area (Å²) in [6, 6.07) is 6.71. The van der Waals surface area contributed by atoms with Crippen molar-refractivity contribution >= 4 is 28.7 Å². The predicted molar refractivity (Wildman–Crippen MR) is 113 cm³/mol. The van der Waals surface area contributed by atoms with Crippen LogP contribution in [0.4, 0.5) is 5.69 Å². The number of nitrogens with zero attached hydrogens (tertiary/aromatic N) is 5. The first-order valence-corrected chi connectivity index (χ1v) is 10.1. The molecule has 0 N–H and O–H groups in total. The molecule has 0 saturated carbocycles. The van der Waals surface area contributed by atoms with Crippen molar-refractivity contribution in [2.24, 2.45) is 14.1 Å². The van der Waals surface area contributed by atoms with Crippen molar-refractivity contribution in [2.75, 3.05) is 18.1 Å². The highest BCUT2D eigenvalue weighted by molar-refractivity contribution is 5.96. The third-order valence-electron chi connectivity index (χ3n) is 5.45. The lowest BCUT2D eigenvalue weighted by molar-refractivity contribution is -0.117. The number of benzene rings is 1. The largest absolute Gasteiger partial charge is 0.462 e. The summed E-state index contributed by atoms with van der Waals surface area (Å²) in [6.07, 6.45) is 3.18. The Morgan fingerprint density at radius 2 is 1.87 bits per heavy atom. The Morgan fingerprint density at radius 3 is 2.55 bits per heavy atom. The molecule has 1 fully saturated rings. The van der Waals surface area contributed by atoms with Crippen LogP contribution in [0.2, 0.25) is 0 Å². The first-order valence-electron chi connectivity index (χ1n) is 10.1. The van der Waals surface area contributed by atoms with Crippen LogP contribution in [0.15, 0.2) is 40.2 Å². The van der Waals surface area contributed by atoms with Gasteiger partial charge in [0.05, 0.1) is 18.5 Å². The highest BCUT2D eigenvalue weighted by atomic mass is 16.5. The van der Waals surface area contributed by atoms with Crippen LogP contribution in [0.1, 0.15) is 29.6 Å². The maximum atomic E-state index is 12.7. The number of hydrogen-bond acceptors (Lipinski definition) is 6. The Hall–Kier alpha value is -3.69. The minimum atomic E-state index is -0.498. The number of amides is 1. The van der Waals surface area contributed by atoms with Gasteiger partial charge in [-0.2, -0.15) is 0 Å². The fourth-order valence-electron chi connectivity index (χ4n) is 3.76. The van der Waals surface area contributed by atoms with Gasteiger partial charge in [0.25, 0.3) is 5.56 Å². The topological polar surface area (TPSA) is 108 Å². The highest BCUT2D eigenvalue weighted by Crippen LogP contribution is 2.21. The summed E-state index contributed by atoms with van der Waals surface area (Å²) in [5, 5.41) is 0. The van der Waals surface area contributed by atoms with Gasteiger partial charge >= 0.3 is 11.7 Å². The Labute approximate surface area is 177 Å². The molecule has 1 aromatic carbocycles. The normalized spacial score (nSPS) is 13.9. The van der Waals surface area contributed by atoms with Crippen molar-refractivity contribution in [3.05, 3.63) is 57.0 Å². The molecule has 0 unspecified atom stereocenters. The van der Waals surface area contributed by atoms with Crippen LogP contribution in [-0.2, 0) is 30.2 Å². The second-order valence-electron chi connectivity index (χ2n) is 7.51. The SMILES string of the molecule is Cn1cnc2c1c(=O)n(CCCOC(=O)c1ccc(N3CCCC3=O)cc1)c(=O)n2C. The van der Waals surface area contributed by atoms with Crippen LogP contribution in [0.3, 0.4) is 0 Å². The summed E-state index contributed by atoms with van der Waals surface area (Å²) in [6.45, 7) is 0.867. The predicted octanol–water partition coefficient (Wildman–Crippen LogP) is 0.808. The van der Waals surface area contributed by atoms with Crippen LogP contribution in [0.5, 0.6) is 0 Å². The summed E-state index contributed by atoms with van der Waals surface area (Å²) in [4.78, 5) is 55.0. The number of carbonyl (C=O) groups is 2. The zero-order chi connectivity index (χ0) is 22.1. The fraction of sp³-hybridized carbons (Fsp3) is 0.381. The zero-order valence-electron chi connectivity index (χ0n) is 17.4. The molecular formula is C21H23N5O5. The van der Waals surface area contributed by atoms with Crippen molar-refractivity contribution in [2.45, 2.75) is 25.8 Å². The summed E-state index contributed by atoms with van der Waals surface area (Å²) in [7, 11) is 3.26. The van der Waals surface area contributed by atoms with Gasteiger partial charge in [-0.05, 0) is 37.1 Å². The molecule has 0 atom stereocenters. The smallest absolute Gasteiger partial charge is 0.338 e. The molecule has 0 radical (unpaired) electrons. The summed E-state index contributed by atoms with van der Waals surface area (Å²) in [5.41, 5.74) is 0.931. The first kappa shape index (κ1) is 20.6. The molecule has 1 saturated heterocycles. The minimum absolute atomic E-state index is 0.0597. The van der Waals surface area contributed by atoms with Crippen LogP contribution in [-0.4, -0.2) is 43.7 Å². The molecule has 31 heavy (non-hydrogen) atoms. The van der Waals surface area contributed by atoms with Gasteiger partial charge in [0.1, 0.15) is 0 Å². The first-order chi connectivity index (χ1) is 14.9. The quantitative estimate of drug-likeness (QED) is 0.427. The Bertz CT molecular complexity index is 1270. The van der Waals surface area contributed by atoms with Crippen LogP contribution < -0.4 is 16.1 Å². The average Bonchev–Trinajstić information content (AvgIpc) is 3.37. The molecule has 3 heterocycles. The maximum Gasteiger partial charge on any atom is 0.338 e. The molecule has 0 aliphatic carbocycles. The lowest BCUT2D eigenvalue weighted by Gasteiger charge is -2.15. The van der Waals surface area contributed by atoms with Crippen molar-refractivity contribution in [1.29, 1.82) is 0 Å². The van der Waals surface area contributed by atoms with E-state index < -0.39 is 17.2 Å². The van der Waals surface area contributed by atoms with Crippen molar-refractivity contribution < 1.29 is 14.3 Å². The van der Waals surface area contributed by atoms with Gasteiger partial charge in [-0.1, -0.05) is 0 Å². The van der Waals surface area contributed by atoms with E-state index in [2.05, 4.69) is 4.98 Å². The molecule has 1 aliphatic rings. The van der Waals surface area contributed by atoms with Crippen LogP contribution in [0, 0.1) is 0 Å². The molecule has 162 valence electrons. The van der Waals surface area contributed by atoms with E-state index in [0.717, 1.165) is 16.7 Å². The van der Waals surface area contributed by atoms with E-state index in [1.807, 2.05) is 0 Å². The van der Waals surface area contributed by atoms with E-state index in [9.17, 15) is 19.2 Å². The third kappa shape index (κ3) is 3.76. The van der Waals surface area contributed by atoms with Gasteiger partial charge in [0, 0.05) is 39.3 Å². The van der Waals surface area contributed by atoms with E-state index >= 15 is 0 Å². The van der Waals surface area contributed by atoms with Gasteiger partial charge in [0.2, 0.25) is 5.91 Å². The lowest BCUT2D eigenvalue weighted by Crippen LogP contribution is -2.39. The second-order valence-corrected chi connectivity index (χ2v) is 7.51. The second kappa shape index (κ2) is 8.21. The molecule has 3 aromatic rings. The Kier molecular flexibility index (Phi) is 5.45. The number of aromatic nitrogens is 4. The Balaban J connectivity index is 1.37.